The van der Waals surface area contributed by atoms with Crippen molar-refractivity contribution in [1.82, 2.24) is 9.88 Å². The number of thiazole rings is 1. The summed E-state index contributed by atoms with van der Waals surface area (Å²) in [7, 11) is 0. The lowest BCUT2D eigenvalue weighted by Crippen LogP contribution is -2.35. The first-order valence-corrected chi connectivity index (χ1v) is 8.44. The van der Waals surface area contributed by atoms with E-state index in [1.165, 1.54) is 30.8 Å². The van der Waals surface area contributed by atoms with E-state index in [0.29, 0.717) is 11.9 Å². The molecule has 0 radical (unpaired) electrons. The topological polar surface area (TPSA) is 16.1 Å². The minimum Gasteiger partial charge on any atom is -0.294 e. The smallest absolute Gasteiger partial charge is 0.110 e. The van der Waals surface area contributed by atoms with Crippen LogP contribution < -0.4 is 0 Å². The lowest BCUT2D eigenvalue weighted by Gasteiger charge is -2.35. The molecule has 18 heavy (non-hydrogen) atoms. The molecular weight excluding hydrogens is 264 g/mol. The molecule has 1 atom stereocenters. The molecule has 1 fully saturated rings. The molecule has 1 unspecified atom stereocenters. The molecule has 2 nitrogen and oxygen atoms in total. The van der Waals surface area contributed by atoms with Crippen molar-refractivity contribution in [1.29, 1.82) is 0 Å². The Morgan fingerprint density at radius 2 is 2.28 bits per heavy atom. The molecule has 0 aromatic carbocycles. The van der Waals surface area contributed by atoms with Crippen molar-refractivity contribution < 1.29 is 0 Å². The van der Waals surface area contributed by atoms with Crippen molar-refractivity contribution >= 4 is 22.9 Å². The van der Waals surface area contributed by atoms with Crippen LogP contribution in [0.4, 0.5) is 0 Å². The van der Waals surface area contributed by atoms with Gasteiger partial charge in [0.05, 0.1) is 17.6 Å². The lowest BCUT2D eigenvalue weighted by molar-refractivity contribution is 0.135. The molecule has 0 saturated heterocycles. The SMILES string of the molecule is CCC(c1nc(CCl)cs1)N(CC)CC1CCC1. The third kappa shape index (κ3) is 3.25. The molecule has 1 aliphatic rings. The molecule has 1 aromatic heterocycles. The van der Waals surface area contributed by atoms with Gasteiger partial charge in [-0.05, 0) is 31.7 Å². The van der Waals surface area contributed by atoms with Gasteiger partial charge in [-0.25, -0.2) is 4.98 Å². The van der Waals surface area contributed by atoms with E-state index in [4.69, 9.17) is 11.6 Å². The van der Waals surface area contributed by atoms with E-state index >= 15 is 0 Å². The number of aromatic nitrogens is 1. The zero-order valence-electron chi connectivity index (χ0n) is 11.4. The standard InChI is InChI=1S/C14H23ClN2S/c1-3-13(14-16-12(8-15)10-18-14)17(4-2)9-11-6-5-7-11/h10-11,13H,3-9H2,1-2H3. The molecule has 0 aliphatic heterocycles. The maximum atomic E-state index is 5.85. The summed E-state index contributed by atoms with van der Waals surface area (Å²) in [5.41, 5.74) is 1.02. The molecule has 1 aromatic rings. The Morgan fingerprint density at radius 1 is 1.50 bits per heavy atom. The van der Waals surface area contributed by atoms with Gasteiger partial charge in [-0.15, -0.1) is 22.9 Å². The van der Waals surface area contributed by atoms with Crippen LogP contribution in [0, 0.1) is 5.92 Å². The van der Waals surface area contributed by atoms with Crippen LogP contribution in [0.3, 0.4) is 0 Å². The maximum Gasteiger partial charge on any atom is 0.110 e. The number of hydrogen-bond acceptors (Lipinski definition) is 3. The molecule has 102 valence electrons. The van der Waals surface area contributed by atoms with Crippen LogP contribution in [0.15, 0.2) is 5.38 Å². The van der Waals surface area contributed by atoms with Crippen molar-refractivity contribution in [3.05, 3.63) is 16.1 Å². The van der Waals surface area contributed by atoms with Gasteiger partial charge < -0.3 is 0 Å². The summed E-state index contributed by atoms with van der Waals surface area (Å²) in [5.74, 6) is 1.45. The van der Waals surface area contributed by atoms with Gasteiger partial charge in [-0.3, -0.25) is 4.90 Å². The summed E-state index contributed by atoms with van der Waals surface area (Å²) < 4.78 is 0. The minimum atomic E-state index is 0.484. The fourth-order valence-corrected chi connectivity index (χ4v) is 3.87. The highest BCUT2D eigenvalue weighted by atomic mass is 35.5. The van der Waals surface area contributed by atoms with Gasteiger partial charge in [0, 0.05) is 11.9 Å². The van der Waals surface area contributed by atoms with Gasteiger partial charge in [-0.2, -0.15) is 0 Å². The summed E-state index contributed by atoms with van der Waals surface area (Å²) in [6, 6.07) is 0.484. The van der Waals surface area contributed by atoms with Crippen LogP contribution in [-0.4, -0.2) is 23.0 Å². The van der Waals surface area contributed by atoms with E-state index < -0.39 is 0 Å². The van der Waals surface area contributed by atoms with Gasteiger partial charge in [0.2, 0.25) is 0 Å². The van der Waals surface area contributed by atoms with E-state index in [0.717, 1.165) is 24.6 Å². The van der Waals surface area contributed by atoms with Crippen LogP contribution in [-0.2, 0) is 5.88 Å². The van der Waals surface area contributed by atoms with Crippen molar-refractivity contribution in [2.24, 2.45) is 5.92 Å². The third-order valence-electron chi connectivity index (χ3n) is 3.94. The number of hydrogen-bond donors (Lipinski definition) is 0. The number of halogens is 1. The van der Waals surface area contributed by atoms with Crippen molar-refractivity contribution in [3.63, 3.8) is 0 Å². The van der Waals surface area contributed by atoms with Crippen LogP contribution in [0.2, 0.25) is 0 Å². The van der Waals surface area contributed by atoms with Gasteiger partial charge in [0.25, 0.3) is 0 Å². The van der Waals surface area contributed by atoms with Crippen molar-refractivity contribution in [3.8, 4) is 0 Å². The van der Waals surface area contributed by atoms with Crippen LogP contribution in [0.5, 0.6) is 0 Å². The Bertz CT molecular complexity index is 362. The summed E-state index contributed by atoms with van der Waals surface area (Å²) in [6.45, 7) is 6.88. The van der Waals surface area contributed by atoms with E-state index in [-0.39, 0.29) is 0 Å². The number of nitrogens with zero attached hydrogens (tertiary/aromatic N) is 2. The average Bonchev–Trinajstić information content (AvgIpc) is 2.80. The average molecular weight is 287 g/mol. The van der Waals surface area contributed by atoms with E-state index in [9.17, 15) is 0 Å². The van der Waals surface area contributed by atoms with Crippen molar-refractivity contribution in [2.45, 2.75) is 51.5 Å². The number of alkyl halides is 1. The Morgan fingerprint density at radius 3 is 2.72 bits per heavy atom. The fraction of sp³-hybridized carbons (Fsp3) is 0.786. The van der Waals surface area contributed by atoms with Crippen LogP contribution in [0.25, 0.3) is 0 Å². The Kier molecular flexibility index (Phi) is 5.46. The zero-order valence-corrected chi connectivity index (χ0v) is 12.9. The Labute approximate surface area is 119 Å². The highest BCUT2D eigenvalue weighted by molar-refractivity contribution is 7.09. The van der Waals surface area contributed by atoms with Gasteiger partial charge >= 0.3 is 0 Å². The normalized spacial score (nSPS) is 18.0. The summed E-state index contributed by atoms with van der Waals surface area (Å²) in [5, 5.41) is 3.34. The first-order valence-electron chi connectivity index (χ1n) is 7.02. The molecular formula is C14H23ClN2S. The monoisotopic (exact) mass is 286 g/mol. The molecule has 1 saturated carbocycles. The van der Waals surface area contributed by atoms with Crippen LogP contribution in [0.1, 0.15) is 56.3 Å². The van der Waals surface area contributed by atoms with E-state index in [1.807, 2.05) is 0 Å². The molecule has 0 spiro atoms. The Hall–Kier alpha value is -0.120. The number of rotatable bonds is 7. The first kappa shape index (κ1) is 14.3. The maximum absolute atomic E-state index is 5.85. The second-order valence-electron chi connectivity index (χ2n) is 5.12. The molecule has 0 amide bonds. The van der Waals surface area contributed by atoms with Crippen LogP contribution >= 0.6 is 22.9 Å². The Balaban J connectivity index is 2.03. The predicted molar refractivity (Wildman–Crippen MR) is 79.3 cm³/mol. The van der Waals surface area contributed by atoms with Gasteiger partial charge in [0.15, 0.2) is 0 Å². The summed E-state index contributed by atoms with van der Waals surface area (Å²) in [6.07, 6.45) is 5.39. The highest BCUT2D eigenvalue weighted by Gasteiger charge is 2.26. The second-order valence-corrected chi connectivity index (χ2v) is 6.28. The quantitative estimate of drug-likeness (QED) is 0.688. The van der Waals surface area contributed by atoms with Gasteiger partial charge in [-0.1, -0.05) is 20.3 Å². The first-order chi connectivity index (χ1) is 8.78. The second kappa shape index (κ2) is 6.88. The van der Waals surface area contributed by atoms with E-state index in [1.54, 1.807) is 11.3 Å². The summed E-state index contributed by atoms with van der Waals surface area (Å²) >= 11 is 7.61. The molecule has 2 rings (SSSR count). The van der Waals surface area contributed by atoms with Gasteiger partial charge in [0.1, 0.15) is 5.01 Å². The third-order valence-corrected chi connectivity index (χ3v) is 5.21. The van der Waals surface area contributed by atoms with Crippen molar-refractivity contribution in [2.75, 3.05) is 13.1 Å². The molecule has 1 aliphatic carbocycles. The summed E-state index contributed by atoms with van der Waals surface area (Å²) in [4.78, 5) is 7.26. The molecule has 4 heteroatoms. The molecule has 1 heterocycles. The lowest BCUT2D eigenvalue weighted by atomic mass is 9.85. The predicted octanol–water partition coefficient (Wildman–Crippen LogP) is 4.46. The highest BCUT2D eigenvalue weighted by Crippen LogP contribution is 2.32. The molecule has 0 N–H and O–H groups in total. The minimum absolute atomic E-state index is 0.484. The fourth-order valence-electron chi connectivity index (χ4n) is 2.61. The zero-order chi connectivity index (χ0) is 13.0. The molecule has 0 bridgehead atoms. The van der Waals surface area contributed by atoms with E-state index in [2.05, 4.69) is 29.1 Å². The largest absolute Gasteiger partial charge is 0.294 e.